The molecule has 1 amide bonds. The van der Waals surface area contributed by atoms with E-state index in [9.17, 15) is 9.90 Å². The number of ether oxygens (including phenoxy) is 1. The molecule has 2 atom stereocenters. The van der Waals surface area contributed by atoms with Crippen molar-refractivity contribution < 1.29 is 14.6 Å². The maximum atomic E-state index is 12.9. The van der Waals surface area contributed by atoms with Crippen LogP contribution < -0.4 is 5.32 Å². The van der Waals surface area contributed by atoms with Gasteiger partial charge in [0, 0.05) is 5.92 Å². The van der Waals surface area contributed by atoms with E-state index >= 15 is 0 Å². The van der Waals surface area contributed by atoms with Crippen molar-refractivity contribution in [2.24, 2.45) is 0 Å². The minimum absolute atomic E-state index is 0.00947. The number of alkyl carbamates (subject to hydrolysis) is 1. The number of rotatable bonds is 7. The molecule has 0 bridgehead atoms. The molecule has 0 radical (unpaired) electrons. The third-order valence-corrected chi connectivity index (χ3v) is 6.47. The van der Waals surface area contributed by atoms with Gasteiger partial charge in [0.15, 0.2) is 0 Å². The molecule has 4 aromatic carbocycles. The summed E-state index contributed by atoms with van der Waals surface area (Å²) < 4.78 is 5.73. The molecule has 4 heteroatoms. The third kappa shape index (κ3) is 4.59. The summed E-state index contributed by atoms with van der Waals surface area (Å²) in [6, 6.07) is 35.2. The van der Waals surface area contributed by atoms with Gasteiger partial charge in [-0.25, -0.2) is 4.79 Å². The van der Waals surface area contributed by atoms with Crippen LogP contribution in [0.4, 0.5) is 4.79 Å². The molecule has 0 aromatic heterocycles. The zero-order valence-electron chi connectivity index (χ0n) is 18.8. The van der Waals surface area contributed by atoms with Gasteiger partial charge in [-0.2, -0.15) is 0 Å². The molecule has 0 fully saturated rings. The topological polar surface area (TPSA) is 58.6 Å². The first-order valence-electron chi connectivity index (χ1n) is 11.6. The number of carbonyl (C=O) groups is 1. The molecule has 0 saturated carbocycles. The minimum Gasteiger partial charge on any atom is -0.449 e. The summed E-state index contributed by atoms with van der Waals surface area (Å²) in [5.74, 6) is -0.00947. The van der Waals surface area contributed by atoms with Crippen molar-refractivity contribution in [3.63, 3.8) is 0 Å². The van der Waals surface area contributed by atoms with Gasteiger partial charge in [0.25, 0.3) is 0 Å². The highest BCUT2D eigenvalue weighted by molar-refractivity contribution is 5.79. The number of nitrogens with one attached hydrogen (secondary N) is 1. The van der Waals surface area contributed by atoms with E-state index in [1.54, 1.807) is 0 Å². The summed E-state index contributed by atoms with van der Waals surface area (Å²) in [6.07, 6.45) is -0.902. The van der Waals surface area contributed by atoms with Crippen LogP contribution in [-0.2, 0) is 11.2 Å². The molecule has 0 heterocycles. The van der Waals surface area contributed by atoms with Gasteiger partial charge in [-0.15, -0.1) is 0 Å². The van der Waals surface area contributed by atoms with E-state index in [0.717, 1.165) is 11.1 Å². The van der Waals surface area contributed by atoms with Crippen LogP contribution in [0.3, 0.4) is 0 Å². The predicted molar refractivity (Wildman–Crippen MR) is 134 cm³/mol. The van der Waals surface area contributed by atoms with E-state index in [1.165, 1.54) is 22.3 Å². The van der Waals surface area contributed by atoms with Gasteiger partial charge in [0.1, 0.15) is 6.61 Å². The quantitative estimate of drug-likeness (QED) is 0.371. The maximum Gasteiger partial charge on any atom is 0.407 e. The SMILES string of the molecule is O=C(NC(Cc1ccccc1)C(O)c1ccccc1)OCC1c2ccccc2-c2ccccc21. The van der Waals surface area contributed by atoms with Gasteiger partial charge in [-0.1, -0.05) is 109 Å². The molecular weight excluding hydrogens is 422 g/mol. The molecule has 34 heavy (non-hydrogen) atoms. The van der Waals surface area contributed by atoms with Crippen LogP contribution >= 0.6 is 0 Å². The smallest absolute Gasteiger partial charge is 0.407 e. The Bertz CT molecular complexity index is 1210. The second-order valence-corrected chi connectivity index (χ2v) is 8.62. The summed E-state index contributed by atoms with van der Waals surface area (Å²) >= 11 is 0. The van der Waals surface area contributed by atoms with Crippen LogP contribution in [0.15, 0.2) is 109 Å². The predicted octanol–water partition coefficient (Wildman–Crippen LogP) is 5.87. The van der Waals surface area contributed by atoms with Crippen LogP contribution in [0.25, 0.3) is 11.1 Å². The Morgan fingerprint density at radius 1 is 0.765 bits per heavy atom. The molecule has 1 aliphatic carbocycles. The second-order valence-electron chi connectivity index (χ2n) is 8.62. The maximum absolute atomic E-state index is 12.9. The number of fused-ring (bicyclic) bond motifs is 3. The van der Waals surface area contributed by atoms with Gasteiger partial charge in [0.2, 0.25) is 0 Å². The van der Waals surface area contributed by atoms with E-state index in [0.29, 0.717) is 6.42 Å². The number of hydrogen-bond donors (Lipinski definition) is 2. The largest absolute Gasteiger partial charge is 0.449 e. The molecule has 170 valence electrons. The number of benzene rings is 4. The Hall–Kier alpha value is -3.89. The summed E-state index contributed by atoms with van der Waals surface area (Å²) in [5, 5.41) is 14.0. The van der Waals surface area contributed by atoms with Crippen molar-refractivity contribution in [3.05, 3.63) is 131 Å². The first-order chi connectivity index (χ1) is 16.7. The van der Waals surface area contributed by atoms with Gasteiger partial charge >= 0.3 is 6.09 Å². The fourth-order valence-electron chi connectivity index (χ4n) is 4.78. The van der Waals surface area contributed by atoms with E-state index in [2.05, 4.69) is 29.6 Å². The van der Waals surface area contributed by atoms with Gasteiger partial charge < -0.3 is 15.2 Å². The van der Waals surface area contributed by atoms with Crippen LogP contribution in [0.2, 0.25) is 0 Å². The first kappa shape index (κ1) is 21.9. The van der Waals surface area contributed by atoms with Crippen LogP contribution in [-0.4, -0.2) is 23.8 Å². The third-order valence-electron chi connectivity index (χ3n) is 6.47. The Kier molecular flexibility index (Phi) is 6.41. The van der Waals surface area contributed by atoms with Gasteiger partial charge in [-0.3, -0.25) is 0 Å². The van der Waals surface area contributed by atoms with Crippen LogP contribution in [0, 0.1) is 0 Å². The van der Waals surface area contributed by atoms with Crippen molar-refractivity contribution >= 4 is 6.09 Å². The highest BCUT2D eigenvalue weighted by Gasteiger charge is 2.30. The number of aliphatic hydroxyl groups excluding tert-OH is 1. The average molecular weight is 450 g/mol. The summed E-state index contributed by atoms with van der Waals surface area (Å²) in [4.78, 5) is 12.9. The molecule has 2 unspecified atom stereocenters. The number of aliphatic hydroxyl groups is 1. The molecule has 2 N–H and O–H groups in total. The Morgan fingerprint density at radius 2 is 1.29 bits per heavy atom. The zero-order chi connectivity index (χ0) is 23.3. The zero-order valence-corrected chi connectivity index (χ0v) is 18.8. The molecule has 1 aliphatic rings. The fourth-order valence-corrected chi connectivity index (χ4v) is 4.78. The molecule has 4 nitrogen and oxygen atoms in total. The number of hydrogen-bond acceptors (Lipinski definition) is 3. The summed E-state index contributed by atoms with van der Waals surface area (Å²) in [6.45, 7) is 0.235. The molecule has 5 rings (SSSR count). The summed E-state index contributed by atoms with van der Waals surface area (Å²) in [5.41, 5.74) is 6.49. The Labute approximate surface area is 199 Å². The Balaban J connectivity index is 1.31. The van der Waals surface area contributed by atoms with E-state index in [4.69, 9.17) is 4.74 Å². The molecular formula is C30H27NO3. The second kappa shape index (κ2) is 9.94. The highest BCUT2D eigenvalue weighted by Crippen LogP contribution is 2.44. The van der Waals surface area contributed by atoms with Crippen molar-refractivity contribution in [2.75, 3.05) is 6.61 Å². The van der Waals surface area contributed by atoms with E-state index < -0.39 is 18.2 Å². The lowest BCUT2D eigenvalue weighted by atomic mass is 9.96. The lowest BCUT2D eigenvalue weighted by Gasteiger charge is -2.25. The highest BCUT2D eigenvalue weighted by atomic mass is 16.5. The van der Waals surface area contributed by atoms with Crippen molar-refractivity contribution in [2.45, 2.75) is 24.5 Å². The van der Waals surface area contributed by atoms with Crippen molar-refractivity contribution in [1.82, 2.24) is 5.32 Å². The van der Waals surface area contributed by atoms with E-state index in [1.807, 2.05) is 84.9 Å². The van der Waals surface area contributed by atoms with Crippen LogP contribution in [0.5, 0.6) is 0 Å². The van der Waals surface area contributed by atoms with E-state index in [-0.39, 0.29) is 12.5 Å². The van der Waals surface area contributed by atoms with Crippen molar-refractivity contribution in [1.29, 1.82) is 0 Å². The summed E-state index contributed by atoms with van der Waals surface area (Å²) in [7, 11) is 0. The number of amides is 1. The monoisotopic (exact) mass is 449 g/mol. The van der Waals surface area contributed by atoms with Crippen molar-refractivity contribution in [3.8, 4) is 11.1 Å². The molecule has 0 aliphatic heterocycles. The number of carbonyl (C=O) groups excluding carboxylic acids is 1. The lowest BCUT2D eigenvalue weighted by Crippen LogP contribution is -2.41. The molecule has 0 spiro atoms. The average Bonchev–Trinajstić information content (AvgIpc) is 3.21. The Morgan fingerprint density at radius 3 is 1.91 bits per heavy atom. The molecule has 0 saturated heterocycles. The van der Waals surface area contributed by atoms with Gasteiger partial charge in [0.05, 0.1) is 12.1 Å². The first-order valence-corrected chi connectivity index (χ1v) is 11.6. The normalized spacial score (nSPS) is 14.0. The fraction of sp³-hybridized carbons (Fsp3) is 0.167. The molecule has 4 aromatic rings. The lowest BCUT2D eigenvalue weighted by molar-refractivity contribution is 0.103. The van der Waals surface area contributed by atoms with Crippen LogP contribution in [0.1, 0.15) is 34.3 Å². The standard InChI is InChI=1S/C30H27NO3/c32-29(22-13-5-2-6-14-22)28(19-21-11-3-1-4-12-21)31-30(33)34-20-27-25-17-9-7-15-23(25)24-16-8-10-18-26(24)27/h1-18,27-29,32H,19-20H2,(H,31,33). The van der Waals surface area contributed by atoms with Gasteiger partial charge in [-0.05, 0) is 39.8 Å². The minimum atomic E-state index is -0.859.